The van der Waals surface area contributed by atoms with Gasteiger partial charge in [0.25, 0.3) is 0 Å². The van der Waals surface area contributed by atoms with Crippen LogP contribution in [-0.4, -0.2) is 30.5 Å². The molecule has 1 fully saturated rings. The Balaban J connectivity index is 2.13. The normalized spacial score (nSPS) is 22.4. The lowest BCUT2D eigenvalue weighted by molar-refractivity contribution is -0.124. The third kappa shape index (κ3) is 3.83. The highest BCUT2D eigenvalue weighted by Crippen LogP contribution is 2.23. The van der Waals surface area contributed by atoms with Crippen LogP contribution >= 0.6 is 11.8 Å². The number of rotatable bonds is 4. The van der Waals surface area contributed by atoms with Crippen LogP contribution in [0, 0.1) is 5.92 Å². The maximum Gasteiger partial charge on any atom is 0.224 e. The molecule has 13 heavy (non-hydrogen) atoms. The van der Waals surface area contributed by atoms with Crippen molar-refractivity contribution in [2.45, 2.75) is 6.42 Å². The van der Waals surface area contributed by atoms with E-state index in [2.05, 4.69) is 5.32 Å². The van der Waals surface area contributed by atoms with Crippen molar-refractivity contribution in [2.24, 2.45) is 11.7 Å². The number of hydrogen-bond donors (Lipinski definition) is 2. The first kappa shape index (κ1) is 10.6. The number of nitrogens with two attached hydrogens (primary N) is 1. The molecule has 0 aromatic rings. The molecule has 0 bridgehead atoms. The lowest BCUT2D eigenvalue weighted by Crippen LogP contribution is -2.30. The first-order valence-electron chi connectivity index (χ1n) is 4.55. The van der Waals surface area contributed by atoms with Gasteiger partial charge in [0, 0.05) is 24.8 Å². The highest BCUT2D eigenvalue weighted by Gasteiger charge is 2.22. The Morgan fingerprint density at radius 1 is 1.62 bits per heavy atom. The van der Waals surface area contributed by atoms with Crippen LogP contribution < -0.4 is 11.1 Å². The summed E-state index contributed by atoms with van der Waals surface area (Å²) in [7, 11) is 0. The monoisotopic (exact) mass is 200 g/mol. The number of carbonyl (C=O) groups excluding carboxylic acids is 1. The first-order valence-corrected chi connectivity index (χ1v) is 5.70. The Hall–Kier alpha value is -0.480. The van der Waals surface area contributed by atoms with Crippen LogP contribution in [0.4, 0.5) is 0 Å². The maximum absolute atomic E-state index is 11.4. The van der Waals surface area contributed by atoms with Crippen LogP contribution in [0.25, 0.3) is 0 Å². The van der Waals surface area contributed by atoms with E-state index in [0.717, 1.165) is 17.9 Å². The highest BCUT2D eigenvalue weighted by atomic mass is 32.2. The van der Waals surface area contributed by atoms with E-state index >= 15 is 0 Å². The molecule has 1 unspecified atom stereocenters. The Morgan fingerprint density at radius 2 is 2.46 bits per heavy atom. The van der Waals surface area contributed by atoms with Gasteiger partial charge in [-0.15, -0.1) is 0 Å². The van der Waals surface area contributed by atoms with Crippen LogP contribution in [0.1, 0.15) is 6.42 Å². The molecule has 0 radical (unpaired) electrons. The summed E-state index contributed by atoms with van der Waals surface area (Å²) in [6.07, 6.45) is 4.76. The second-order valence-corrected chi connectivity index (χ2v) is 4.16. The molecule has 4 heteroatoms. The minimum absolute atomic E-state index is 0.187. The quantitative estimate of drug-likeness (QED) is 0.645. The molecule has 1 aliphatic heterocycles. The van der Waals surface area contributed by atoms with Gasteiger partial charge in [0.1, 0.15) is 0 Å². The Bertz CT molecular complexity index is 188. The predicted octanol–water partition coefficient (Wildman–Crippen LogP) is 0.371. The Morgan fingerprint density at radius 3 is 3.08 bits per heavy atom. The summed E-state index contributed by atoms with van der Waals surface area (Å²) in [6.45, 7) is 1.15. The van der Waals surface area contributed by atoms with Crippen LogP contribution in [0.2, 0.25) is 0 Å². The van der Waals surface area contributed by atoms with E-state index in [1.807, 2.05) is 23.9 Å². The average molecular weight is 200 g/mol. The van der Waals surface area contributed by atoms with Gasteiger partial charge in [-0.1, -0.05) is 12.2 Å². The zero-order valence-electron chi connectivity index (χ0n) is 7.66. The molecule has 1 amide bonds. The minimum Gasteiger partial charge on any atom is -0.352 e. The van der Waals surface area contributed by atoms with Crippen LogP contribution in [0.15, 0.2) is 12.2 Å². The van der Waals surface area contributed by atoms with E-state index in [-0.39, 0.29) is 11.8 Å². The minimum atomic E-state index is 0.187. The van der Waals surface area contributed by atoms with Crippen LogP contribution in [0.5, 0.6) is 0 Å². The number of hydrogen-bond acceptors (Lipinski definition) is 3. The van der Waals surface area contributed by atoms with Gasteiger partial charge >= 0.3 is 0 Å². The molecule has 1 aliphatic rings. The first-order chi connectivity index (χ1) is 6.34. The average Bonchev–Trinajstić information content (AvgIpc) is 2.65. The molecule has 3 N–H and O–H groups in total. The van der Waals surface area contributed by atoms with Crippen molar-refractivity contribution in [3.05, 3.63) is 12.2 Å². The zero-order valence-corrected chi connectivity index (χ0v) is 8.48. The summed E-state index contributed by atoms with van der Waals surface area (Å²) in [5.74, 6) is 2.52. The van der Waals surface area contributed by atoms with E-state index < -0.39 is 0 Å². The lowest BCUT2D eigenvalue weighted by Gasteiger charge is -2.07. The van der Waals surface area contributed by atoms with Crippen molar-refractivity contribution in [1.29, 1.82) is 0 Å². The smallest absolute Gasteiger partial charge is 0.224 e. The van der Waals surface area contributed by atoms with Gasteiger partial charge in [-0.2, -0.15) is 11.8 Å². The molecule has 1 saturated heterocycles. The fourth-order valence-corrected chi connectivity index (χ4v) is 2.45. The molecule has 74 valence electrons. The molecular formula is C9H16N2OS. The Kier molecular flexibility index (Phi) is 4.93. The topological polar surface area (TPSA) is 55.1 Å². The third-order valence-corrected chi connectivity index (χ3v) is 3.16. The van der Waals surface area contributed by atoms with Crippen LogP contribution in [-0.2, 0) is 4.79 Å². The fourth-order valence-electron chi connectivity index (χ4n) is 1.22. The maximum atomic E-state index is 11.4. The number of nitrogens with one attached hydrogen (secondary N) is 1. The standard InChI is InChI=1S/C9H16N2OS/c10-4-1-2-5-11-9(12)8-3-6-13-7-8/h1-2,8H,3-7,10H2,(H,11,12)/b2-1+. The molecule has 0 saturated carbocycles. The van der Waals surface area contributed by atoms with E-state index in [1.54, 1.807) is 0 Å². The van der Waals surface area contributed by atoms with Crippen molar-refractivity contribution < 1.29 is 4.79 Å². The molecule has 0 aromatic heterocycles. The van der Waals surface area contributed by atoms with E-state index in [4.69, 9.17) is 5.73 Å². The fraction of sp³-hybridized carbons (Fsp3) is 0.667. The summed E-state index contributed by atoms with van der Waals surface area (Å²) >= 11 is 1.86. The number of amides is 1. The summed E-state index contributed by atoms with van der Waals surface area (Å²) in [6, 6.07) is 0. The molecule has 1 atom stereocenters. The van der Waals surface area contributed by atoms with Gasteiger partial charge in [0.15, 0.2) is 0 Å². The zero-order chi connectivity index (χ0) is 9.52. The third-order valence-electron chi connectivity index (χ3n) is 2.00. The SMILES string of the molecule is NC/C=C/CNC(=O)C1CCSC1. The molecule has 0 spiro atoms. The van der Waals surface area contributed by atoms with Gasteiger partial charge in [0.2, 0.25) is 5.91 Å². The van der Waals surface area contributed by atoms with Crippen LogP contribution in [0.3, 0.4) is 0 Å². The van der Waals surface area contributed by atoms with E-state index in [1.165, 1.54) is 0 Å². The molecular weight excluding hydrogens is 184 g/mol. The van der Waals surface area contributed by atoms with Crippen molar-refractivity contribution >= 4 is 17.7 Å². The van der Waals surface area contributed by atoms with Gasteiger partial charge in [-0.05, 0) is 12.2 Å². The second kappa shape index (κ2) is 6.05. The van der Waals surface area contributed by atoms with Crippen molar-refractivity contribution in [2.75, 3.05) is 24.6 Å². The van der Waals surface area contributed by atoms with E-state index in [0.29, 0.717) is 13.1 Å². The van der Waals surface area contributed by atoms with E-state index in [9.17, 15) is 4.79 Å². The summed E-state index contributed by atoms with van der Waals surface area (Å²) in [5, 5.41) is 2.86. The van der Waals surface area contributed by atoms with Gasteiger partial charge in [-0.3, -0.25) is 4.79 Å². The predicted molar refractivity (Wildman–Crippen MR) is 56.6 cm³/mol. The lowest BCUT2D eigenvalue weighted by atomic mass is 10.1. The highest BCUT2D eigenvalue weighted by molar-refractivity contribution is 7.99. The van der Waals surface area contributed by atoms with Gasteiger partial charge in [0.05, 0.1) is 0 Å². The molecule has 1 heterocycles. The van der Waals surface area contributed by atoms with Crippen molar-refractivity contribution in [1.82, 2.24) is 5.32 Å². The number of thioether (sulfide) groups is 1. The number of carbonyl (C=O) groups is 1. The molecule has 1 rings (SSSR count). The molecule has 0 aromatic carbocycles. The Labute approximate surface area is 83.1 Å². The van der Waals surface area contributed by atoms with Gasteiger partial charge in [-0.25, -0.2) is 0 Å². The van der Waals surface area contributed by atoms with Gasteiger partial charge < -0.3 is 11.1 Å². The molecule has 0 aliphatic carbocycles. The summed E-state index contributed by atoms with van der Waals surface area (Å²) in [5.41, 5.74) is 5.26. The summed E-state index contributed by atoms with van der Waals surface area (Å²) < 4.78 is 0. The summed E-state index contributed by atoms with van der Waals surface area (Å²) in [4.78, 5) is 11.4. The molecule has 3 nitrogen and oxygen atoms in total. The largest absolute Gasteiger partial charge is 0.352 e. The van der Waals surface area contributed by atoms with Crippen molar-refractivity contribution in [3.63, 3.8) is 0 Å². The van der Waals surface area contributed by atoms with Crippen molar-refractivity contribution in [3.8, 4) is 0 Å². The second-order valence-electron chi connectivity index (χ2n) is 3.01.